The summed E-state index contributed by atoms with van der Waals surface area (Å²) in [6.07, 6.45) is 1.83. The Balaban J connectivity index is 2.17. The van der Waals surface area contributed by atoms with E-state index in [9.17, 15) is 0 Å². The van der Waals surface area contributed by atoms with E-state index in [2.05, 4.69) is 28.0 Å². The van der Waals surface area contributed by atoms with Gasteiger partial charge in [-0.25, -0.2) is 0 Å². The molecule has 1 saturated heterocycles. The molecule has 1 aliphatic heterocycles. The molecule has 1 aromatic rings. The van der Waals surface area contributed by atoms with Gasteiger partial charge >= 0.3 is 0 Å². The van der Waals surface area contributed by atoms with Gasteiger partial charge in [-0.1, -0.05) is 6.92 Å². The van der Waals surface area contributed by atoms with Gasteiger partial charge < -0.3 is 10.5 Å². The van der Waals surface area contributed by atoms with Gasteiger partial charge in [0, 0.05) is 29.1 Å². The molecule has 0 radical (unpaired) electrons. The Bertz CT molecular complexity index is 416. The van der Waals surface area contributed by atoms with Crippen LogP contribution in [-0.2, 0) is 11.3 Å². The lowest BCUT2D eigenvalue weighted by molar-refractivity contribution is 0.182. The van der Waals surface area contributed by atoms with Gasteiger partial charge in [-0.3, -0.25) is 4.68 Å². The molecule has 4 nitrogen and oxygen atoms in total. The molecule has 1 aliphatic rings. The molecule has 2 rings (SSSR count). The third-order valence-corrected chi connectivity index (χ3v) is 7.07. The minimum absolute atomic E-state index is 0.00142. The smallest absolute Gasteiger partial charge is 0.0706 e. The standard InChI is InChI=1S/C12H20BrN3OS2/c1-8-12(19-6-5-18-8)10(14)11-9(13)7-15-16(11)3-4-17-2/h7-8,10,12H,3-6,14H2,1-2H3. The Kier molecular flexibility index (Phi) is 6.08. The van der Waals surface area contributed by atoms with Gasteiger partial charge in [-0.05, 0) is 15.9 Å². The Labute approximate surface area is 131 Å². The topological polar surface area (TPSA) is 53.1 Å². The van der Waals surface area contributed by atoms with Crippen LogP contribution in [0, 0.1) is 0 Å². The number of rotatable bonds is 5. The van der Waals surface area contributed by atoms with Gasteiger partial charge in [0.15, 0.2) is 0 Å². The second kappa shape index (κ2) is 7.36. The normalized spacial score (nSPS) is 25.5. The minimum atomic E-state index is 0.00142. The lowest BCUT2D eigenvalue weighted by Crippen LogP contribution is -2.36. The quantitative estimate of drug-likeness (QED) is 0.868. The van der Waals surface area contributed by atoms with Crippen LogP contribution in [0.1, 0.15) is 18.7 Å². The van der Waals surface area contributed by atoms with Crippen molar-refractivity contribution < 1.29 is 4.74 Å². The first kappa shape index (κ1) is 15.7. The van der Waals surface area contributed by atoms with Crippen LogP contribution in [0.3, 0.4) is 0 Å². The first-order valence-electron chi connectivity index (χ1n) is 6.34. The highest BCUT2D eigenvalue weighted by molar-refractivity contribution is 9.10. The van der Waals surface area contributed by atoms with E-state index in [1.807, 2.05) is 34.4 Å². The van der Waals surface area contributed by atoms with Crippen LogP contribution >= 0.6 is 39.5 Å². The number of methoxy groups -OCH3 is 1. The van der Waals surface area contributed by atoms with Gasteiger partial charge in [-0.15, -0.1) is 0 Å². The Morgan fingerprint density at radius 3 is 3.00 bits per heavy atom. The van der Waals surface area contributed by atoms with Crippen molar-refractivity contribution in [1.29, 1.82) is 0 Å². The molecule has 0 bridgehead atoms. The maximum absolute atomic E-state index is 6.51. The maximum atomic E-state index is 6.51. The fraction of sp³-hybridized carbons (Fsp3) is 0.750. The molecule has 108 valence electrons. The van der Waals surface area contributed by atoms with Gasteiger partial charge in [0.2, 0.25) is 0 Å². The maximum Gasteiger partial charge on any atom is 0.0706 e. The highest BCUT2D eigenvalue weighted by Gasteiger charge is 2.32. The Hall–Kier alpha value is 0.310. The summed E-state index contributed by atoms with van der Waals surface area (Å²) in [6.45, 7) is 3.66. The summed E-state index contributed by atoms with van der Waals surface area (Å²) in [4.78, 5) is 0. The monoisotopic (exact) mass is 365 g/mol. The zero-order valence-corrected chi connectivity index (χ0v) is 14.4. The molecule has 19 heavy (non-hydrogen) atoms. The number of nitrogens with zero attached hydrogens (tertiary/aromatic N) is 2. The van der Waals surface area contributed by atoms with E-state index in [0.29, 0.717) is 17.1 Å². The van der Waals surface area contributed by atoms with Crippen LogP contribution in [0.25, 0.3) is 0 Å². The highest BCUT2D eigenvalue weighted by Crippen LogP contribution is 2.39. The Morgan fingerprint density at radius 2 is 2.32 bits per heavy atom. The predicted octanol–water partition coefficient (Wildman–Crippen LogP) is 2.53. The molecule has 0 saturated carbocycles. The summed E-state index contributed by atoms with van der Waals surface area (Å²) < 4.78 is 8.09. The first-order chi connectivity index (χ1) is 9.15. The van der Waals surface area contributed by atoms with Crippen LogP contribution in [0.5, 0.6) is 0 Å². The van der Waals surface area contributed by atoms with Crippen molar-refractivity contribution in [3.63, 3.8) is 0 Å². The average Bonchev–Trinajstić information content (AvgIpc) is 2.77. The number of hydrogen-bond donors (Lipinski definition) is 1. The van der Waals surface area contributed by atoms with E-state index in [0.717, 1.165) is 16.7 Å². The van der Waals surface area contributed by atoms with Crippen LogP contribution in [-0.4, -0.2) is 45.5 Å². The summed E-state index contributed by atoms with van der Waals surface area (Å²) in [6, 6.07) is 0.00142. The third kappa shape index (κ3) is 3.69. The second-order valence-electron chi connectivity index (χ2n) is 4.53. The molecule has 2 N–H and O–H groups in total. The average molecular weight is 366 g/mol. The van der Waals surface area contributed by atoms with Gasteiger partial charge in [-0.2, -0.15) is 28.6 Å². The SMILES string of the molecule is COCCn1ncc(Br)c1C(N)C1SCCSC1C. The first-order valence-corrected chi connectivity index (χ1v) is 9.23. The summed E-state index contributed by atoms with van der Waals surface area (Å²) >= 11 is 7.57. The fourth-order valence-electron chi connectivity index (χ4n) is 2.26. The molecule has 0 aliphatic carbocycles. The second-order valence-corrected chi connectivity index (χ2v) is 8.16. The van der Waals surface area contributed by atoms with E-state index in [1.165, 1.54) is 11.5 Å². The molecule has 3 unspecified atom stereocenters. The van der Waals surface area contributed by atoms with Crippen molar-refractivity contribution in [3.05, 3.63) is 16.4 Å². The van der Waals surface area contributed by atoms with Crippen molar-refractivity contribution in [1.82, 2.24) is 9.78 Å². The zero-order valence-electron chi connectivity index (χ0n) is 11.2. The van der Waals surface area contributed by atoms with Crippen molar-refractivity contribution in [2.24, 2.45) is 5.73 Å². The molecular formula is C12H20BrN3OS2. The van der Waals surface area contributed by atoms with Crippen LogP contribution in [0.15, 0.2) is 10.7 Å². The van der Waals surface area contributed by atoms with Crippen LogP contribution < -0.4 is 5.73 Å². The zero-order chi connectivity index (χ0) is 13.8. The Morgan fingerprint density at radius 1 is 1.58 bits per heavy atom. The minimum Gasteiger partial charge on any atom is -0.383 e. The van der Waals surface area contributed by atoms with E-state index < -0.39 is 0 Å². The molecule has 0 aromatic carbocycles. The predicted molar refractivity (Wildman–Crippen MR) is 86.9 cm³/mol. The lowest BCUT2D eigenvalue weighted by atomic mass is 10.1. The summed E-state index contributed by atoms with van der Waals surface area (Å²) in [7, 11) is 1.70. The highest BCUT2D eigenvalue weighted by atomic mass is 79.9. The van der Waals surface area contributed by atoms with E-state index in [-0.39, 0.29) is 6.04 Å². The van der Waals surface area contributed by atoms with Crippen molar-refractivity contribution in [2.45, 2.75) is 30.0 Å². The van der Waals surface area contributed by atoms with E-state index >= 15 is 0 Å². The molecule has 0 spiro atoms. The third-order valence-electron chi connectivity index (χ3n) is 3.25. The van der Waals surface area contributed by atoms with Gasteiger partial charge in [0.05, 0.1) is 35.6 Å². The summed E-state index contributed by atoms with van der Waals surface area (Å²) in [5, 5.41) is 5.40. The van der Waals surface area contributed by atoms with Gasteiger partial charge in [0.1, 0.15) is 0 Å². The molecular weight excluding hydrogens is 346 g/mol. The molecule has 0 amide bonds. The van der Waals surface area contributed by atoms with Crippen molar-refractivity contribution >= 4 is 39.5 Å². The fourth-order valence-corrected chi connectivity index (χ4v) is 5.67. The number of aromatic nitrogens is 2. The number of thioether (sulfide) groups is 2. The molecule has 1 fully saturated rings. The number of halogens is 1. The molecule has 7 heteroatoms. The lowest BCUT2D eigenvalue weighted by Gasteiger charge is -2.32. The molecule has 3 atom stereocenters. The van der Waals surface area contributed by atoms with Crippen LogP contribution in [0.4, 0.5) is 0 Å². The summed E-state index contributed by atoms with van der Waals surface area (Å²) in [5.41, 5.74) is 7.60. The molecule has 1 aromatic heterocycles. The van der Waals surface area contributed by atoms with Crippen LogP contribution in [0.2, 0.25) is 0 Å². The summed E-state index contributed by atoms with van der Waals surface area (Å²) in [5.74, 6) is 2.40. The van der Waals surface area contributed by atoms with E-state index in [1.54, 1.807) is 7.11 Å². The molecule has 2 heterocycles. The van der Waals surface area contributed by atoms with E-state index in [4.69, 9.17) is 10.5 Å². The number of nitrogens with two attached hydrogens (primary N) is 1. The number of hydrogen-bond acceptors (Lipinski definition) is 5. The number of ether oxygens (including phenoxy) is 1. The van der Waals surface area contributed by atoms with Crippen molar-refractivity contribution in [3.8, 4) is 0 Å². The van der Waals surface area contributed by atoms with Crippen molar-refractivity contribution in [2.75, 3.05) is 25.2 Å². The largest absolute Gasteiger partial charge is 0.383 e. The van der Waals surface area contributed by atoms with Gasteiger partial charge in [0.25, 0.3) is 0 Å².